The molecule has 1 aromatic carbocycles. The number of nitrogens with one attached hydrogen (secondary N) is 1. The molecule has 0 atom stereocenters. The molecule has 0 aromatic heterocycles. The van der Waals surface area contributed by atoms with Gasteiger partial charge in [-0.2, -0.15) is 0 Å². The van der Waals surface area contributed by atoms with Crippen LogP contribution >= 0.6 is 11.6 Å². The molecule has 0 bridgehead atoms. The third kappa shape index (κ3) is 4.24. The molecule has 1 amide bonds. The van der Waals surface area contributed by atoms with Crippen LogP contribution in [0.3, 0.4) is 0 Å². The van der Waals surface area contributed by atoms with Gasteiger partial charge in [0.05, 0.1) is 43.2 Å². The number of ether oxygens (including phenoxy) is 2. The van der Waals surface area contributed by atoms with Crippen molar-refractivity contribution in [1.29, 1.82) is 0 Å². The number of anilines is 1. The second kappa shape index (κ2) is 8.73. The summed E-state index contributed by atoms with van der Waals surface area (Å²) in [6.07, 6.45) is 0.796. The summed E-state index contributed by atoms with van der Waals surface area (Å²) < 4.78 is 10.4. The predicted molar refractivity (Wildman–Crippen MR) is 93.6 cm³/mol. The van der Waals surface area contributed by atoms with Gasteiger partial charge in [-0.1, -0.05) is 24.6 Å². The van der Waals surface area contributed by atoms with E-state index < -0.39 is 11.9 Å². The number of carbonyl (C=O) groups is 2. The summed E-state index contributed by atoms with van der Waals surface area (Å²) in [5.41, 5.74) is 0.780. The van der Waals surface area contributed by atoms with Gasteiger partial charge < -0.3 is 24.8 Å². The van der Waals surface area contributed by atoms with Gasteiger partial charge in [-0.25, -0.2) is 4.79 Å². The van der Waals surface area contributed by atoms with E-state index in [4.69, 9.17) is 26.2 Å². The first kappa shape index (κ1) is 19.1. The van der Waals surface area contributed by atoms with Gasteiger partial charge in [-0.3, -0.25) is 4.79 Å². The third-order valence-electron chi connectivity index (χ3n) is 3.63. The van der Waals surface area contributed by atoms with Gasteiger partial charge in [0.1, 0.15) is 5.70 Å². The van der Waals surface area contributed by atoms with Crippen LogP contribution < -0.4 is 10.1 Å². The van der Waals surface area contributed by atoms with Crippen molar-refractivity contribution < 1.29 is 24.2 Å². The number of para-hydroxylation sites is 1. The van der Waals surface area contributed by atoms with Gasteiger partial charge in [0.2, 0.25) is 0 Å². The molecular formula is C17H21ClN2O5. The summed E-state index contributed by atoms with van der Waals surface area (Å²) in [7, 11) is 1.25. The van der Waals surface area contributed by atoms with Crippen molar-refractivity contribution in [3.63, 3.8) is 0 Å². The van der Waals surface area contributed by atoms with E-state index in [0.29, 0.717) is 23.1 Å². The molecule has 7 nitrogen and oxygen atoms in total. The number of esters is 1. The van der Waals surface area contributed by atoms with Gasteiger partial charge in [-0.05, 0) is 18.6 Å². The lowest BCUT2D eigenvalue weighted by Crippen LogP contribution is -2.31. The smallest absolute Gasteiger partial charge is 0.337 e. The number of benzene rings is 1. The average Bonchev–Trinajstić information content (AvgIpc) is 2.90. The Morgan fingerprint density at radius 1 is 1.44 bits per heavy atom. The molecule has 8 heteroatoms. The second-order valence-electron chi connectivity index (χ2n) is 5.39. The molecule has 0 saturated carbocycles. The Labute approximate surface area is 151 Å². The third-order valence-corrected chi connectivity index (χ3v) is 3.93. The summed E-state index contributed by atoms with van der Waals surface area (Å²) in [5, 5.41) is 12.5. The molecule has 0 saturated heterocycles. The summed E-state index contributed by atoms with van der Waals surface area (Å²) in [6.45, 7) is 2.43. The number of methoxy groups -OCH3 is 1. The molecule has 136 valence electrons. The fourth-order valence-corrected chi connectivity index (χ4v) is 2.67. The molecule has 2 rings (SSSR count). The van der Waals surface area contributed by atoms with Gasteiger partial charge in [0.25, 0.3) is 5.91 Å². The second-order valence-corrected chi connectivity index (χ2v) is 5.79. The van der Waals surface area contributed by atoms with Gasteiger partial charge in [-0.15, -0.1) is 0 Å². The van der Waals surface area contributed by atoms with Crippen LogP contribution in [0.5, 0.6) is 5.75 Å². The van der Waals surface area contributed by atoms with E-state index in [0.717, 1.165) is 6.42 Å². The highest BCUT2D eigenvalue weighted by molar-refractivity contribution is 6.32. The maximum atomic E-state index is 12.6. The Kier molecular flexibility index (Phi) is 6.66. The topological polar surface area (TPSA) is 88.1 Å². The number of aliphatic hydroxyl groups is 1. The number of nitrogens with zero attached hydrogens (tertiary/aromatic N) is 1. The first-order valence-corrected chi connectivity index (χ1v) is 8.31. The number of hydrogen-bond acceptors (Lipinski definition) is 6. The Morgan fingerprint density at radius 3 is 2.84 bits per heavy atom. The highest BCUT2D eigenvalue weighted by Crippen LogP contribution is 2.35. The van der Waals surface area contributed by atoms with E-state index in [1.54, 1.807) is 18.2 Å². The normalized spacial score (nSPS) is 14.1. The summed E-state index contributed by atoms with van der Waals surface area (Å²) in [4.78, 5) is 25.9. The number of hydrogen-bond donors (Lipinski definition) is 2. The van der Waals surface area contributed by atoms with Crippen LogP contribution in [0, 0.1) is 0 Å². The van der Waals surface area contributed by atoms with Crippen LogP contribution in [0.2, 0.25) is 5.02 Å². The minimum absolute atomic E-state index is 0.0696. The van der Waals surface area contributed by atoms with Crippen molar-refractivity contribution in [2.75, 3.05) is 38.7 Å². The van der Waals surface area contributed by atoms with Crippen molar-refractivity contribution in [3.05, 3.63) is 34.5 Å². The van der Waals surface area contributed by atoms with E-state index in [-0.39, 0.29) is 31.0 Å². The Morgan fingerprint density at radius 2 is 2.20 bits per heavy atom. The minimum Gasteiger partial charge on any atom is -0.490 e. The van der Waals surface area contributed by atoms with Gasteiger partial charge >= 0.3 is 5.97 Å². The highest BCUT2D eigenvalue weighted by atomic mass is 35.5. The lowest BCUT2D eigenvalue weighted by atomic mass is 10.2. The van der Waals surface area contributed by atoms with Crippen LogP contribution in [0.4, 0.5) is 5.69 Å². The van der Waals surface area contributed by atoms with Crippen LogP contribution in [-0.2, 0) is 14.3 Å². The Bertz CT molecular complexity index is 690. The molecular weight excluding hydrogens is 348 g/mol. The van der Waals surface area contributed by atoms with E-state index in [1.165, 1.54) is 12.0 Å². The first-order chi connectivity index (χ1) is 12.0. The largest absolute Gasteiger partial charge is 0.490 e. The van der Waals surface area contributed by atoms with Crippen molar-refractivity contribution in [1.82, 2.24) is 4.90 Å². The minimum atomic E-state index is -0.602. The fraction of sp³-hybridized carbons (Fsp3) is 0.412. The van der Waals surface area contributed by atoms with E-state index >= 15 is 0 Å². The van der Waals surface area contributed by atoms with Crippen LogP contribution in [0.25, 0.3) is 0 Å². The zero-order valence-corrected chi connectivity index (χ0v) is 14.9. The summed E-state index contributed by atoms with van der Waals surface area (Å²) in [5.74, 6) is -0.582. The van der Waals surface area contributed by atoms with E-state index in [9.17, 15) is 9.59 Å². The Balaban J connectivity index is 2.37. The molecule has 0 unspecified atom stereocenters. The monoisotopic (exact) mass is 368 g/mol. The molecule has 0 spiro atoms. The number of β-amino-alcohol motifs (C(OH)–C–C–N with tert-alkyl or cyclic N) is 1. The Hall–Kier alpha value is -2.25. The van der Waals surface area contributed by atoms with Crippen LogP contribution in [0.15, 0.2) is 29.5 Å². The SMILES string of the molecule is CCCOc1c(Cl)cccc1NC1=C(C(=O)OC)CN(CCO)C1=O. The molecule has 25 heavy (non-hydrogen) atoms. The molecule has 0 radical (unpaired) electrons. The zero-order valence-electron chi connectivity index (χ0n) is 14.2. The van der Waals surface area contributed by atoms with Gasteiger partial charge in [0.15, 0.2) is 5.75 Å². The quantitative estimate of drug-likeness (QED) is 0.680. The summed E-state index contributed by atoms with van der Waals surface area (Å²) in [6, 6.07) is 5.11. The number of carbonyl (C=O) groups excluding carboxylic acids is 2. The molecule has 0 fully saturated rings. The standard InChI is InChI=1S/C17H21ClN2O5/c1-3-9-25-15-12(18)5-4-6-13(15)19-14-11(17(23)24-2)10-20(7-8-21)16(14)22/h4-6,19,21H,3,7-10H2,1-2H3. The number of amides is 1. The number of rotatable bonds is 8. The van der Waals surface area contributed by atoms with Crippen molar-refractivity contribution >= 4 is 29.2 Å². The number of aliphatic hydroxyl groups excluding tert-OH is 1. The molecule has 0 aliphatic carbocycles. The van der Waals surface area contributed by atoms with E-state index in [2.05, 4.69) is 5.32 Å². The maximum absolute atomic E-state index is 12.6. The molecule has 2 N–H and O–H groups in total. The van der Waals surface area contributed by atoms with Gasteiger partial charge in [0, 0.05) is 6.54 Å². The predicted octanol–water partition coefficient (Wildman–Crippen LogP) is 1.80. The van der Waals surface area contributed by atoms with Crippen LogP contribution in [0.1, 0.15) is 13.3 Å². The van der Waals surface area contributed by atoms with Crippen molar-refractivity contribution in [2.45, 2.75) is 13.3 Å². The lowest BCUT2D eigenvalue weighted by Gasteiger charge is -2.17. The van der Waals surface area contributed by atoms with E-state index in [1.807, 2.05) is 6.92 Å². The molecule has 1 aliphatic rings. The zero-order chi connectivity index (χ0) is 18.4. The fourth-order valence-electron chi connectivity index (χ4n) is 2.44. The molecule has 1 heterocycles. The molecule has 1 aromatic rings. The molecule has 1 aliphatic heterocycles. The summed E-state index contributed by atoms with van der Waals surface area (Å²) >= 11 is 6.19. The lowest BCUT2D eigenvalue weighted by molar-refractivity contribution is -0.136. The average molecular weight is 369 g/mol. The first-order valence-electron chi connectivity index (χ1n) is 7.93. The number of halogens is 1. The maximum Gasteiger partial charge on any atom is 0.337 e. The highest BCUT2D eigenvalue weighted by Gasteiger charge is 2.34. The van der Waals surface area contributed by atoms with Crippen LogP contribution in [-0.4, -0.2) is 55.3 Å². The van der Waals surface area contributed by atoms with Crippen molar-refractivity contribution in [3.8, 4) is 5.75 Å². The van der Waals surface area contributed by atoms with Crippen molar-refractivity contribution in [2.24, 2.45) is 0 Å².